The van der Waals surface area contributed by atoms with Crippen molar-refractivity contribution in [3.8, 4) is 0 Å². The monoisotopic (exact) mass is 336 g/mol. The van der Waals surface area contributed by atoms with Gasteiger partial charge >= 0.3 is 0 Å². The lowest BCUT2D eigenvalue weighted by molar-refractivity contribution is 0.502. The molecule has 0 aliphatic heterocycles. The summed E-state index contributed by atoms with van der Waals surface area (Å²) in [6.07, 6.45) is 1.09. The molecule has 0 aliphatic carbocycles. The number of hydrogen-bond acceptors (Lipinski definition) is 3. The molecule has 0 N–H and O–H groups in total. The Morgan fingerprint density at radius 2 is 1.95 bits per heavy atom. The number of rotatable bonds is 4. The number of sulfone groups is 1. The maximum atomic E-state index is 14.1. The molecule has 0 amide bonds. The molecule has 2 aromatic rings. The van der Waals surface area contributed by atoms with Crippen LogP contribution in [-0.2, 0) is 9.84 Å². The van der Waals surface area contributed by atoms with Crippen molar-refractivity contribution >= 4 is 32.5 Å². The van der Waals surface area contributed by atoms with Crippen LogP contribution in [0.15, 0.2) is 12.1 Å². The summed E-state index contributed by atoms with van der Waals surface area (Å²) in [5.41, 5.74) is 0.186. The minimum Gasteiger partial charge on any atom is -0.320 e. The second kappa shape index (κ2) is 5.53. The zero-order chi connectivity index (χ0) is 15.9. The predicted molar refractivity (Wildman–Crippen MR) is 78.3 cm³/mol. The molecular formula is C13H15ClF2N2O2S. The Labute approximate surface area is 126 Å². The van der Waals surface area contributed by atoms with E-state index < -0.39 is 32.9 Å². The normalized spacial score (nSPS) is 15.3. The minimum atomic E-state index is -3.29. The molecule has 0 aliphatic rings. The number of alkyl halides is 1. The number of fused-ring (bicyclic) bond motifs is 1. The molecule has 1 heterocycles. The molecule has 8 heteroatoms. The van der Waals surface area contributed by atoms with Crippen LogP contribution in [0.3, 0.4) is 0 Å². The van der Waals surface area contributed by atoms with Gasteiger partial charge in [-0.05, 0) is 26.0 Å². The van der Waals surface area contributed by atoms with E-state index in [1.807, 2.05) is 0 Å². The van der Waals surface area contributed by atoms with Crippen LogP contribution in [0.5, 0.6) is 0 Å². The summed E-state index contributed by atoms with van der Waals surface area (Å²) in [6, 6.07) is 1.72. The van der Waals surface area contributed by atoms with Crippen molar-refractivity contribution in [3.05, 3.63) is 29.6 Å². The van der Waals surface area contributed by atoms with Crippen LogP contribution in [0.4, 0.5) is 8.78 Å². The smallest absolute Gasteiger partial charge is 0.184 e. The molecule has 0 fully saturated rings. The first-order valence-corrected chi connectivity index (χ1v) is 8.79. The van der Waals surface area contributed by atoms with E-state index in [0.717, 1.165) is 12.3 Å². The number of hydrogen-bond donors (Lipinski definition) is 0. The molecule has 2 atom stereocenters. The van der Waals surface area contributed by atoms with Gasteiger partial charge in [-0.3, -0.25) is 0 Å². The van der Waals surface area contributed by atoms with E-state index in [0.29, 0.717) is 5.82 Å². The fourth-order valence-electron chi connectivity index (χ4n) is 2.38. The summed E-state index contributed by atoms with van der Waals surface area (Å²) < 4.78 is 51.9. The second-order valence-corrected chi connectivity index (χ2v) is 7.97. The van der Waals surface area contributed by atoms with E-state index in [2.05, 4.69) is 4.98 Å². The first kappa shape index (κ1) is 16.2. The van der Waals surface area contributed by atoms with Gasteiger partial charge in [-0.2, -0.15) is 0 Å². The second-order valence-electron chi connectivity index (χ2n) is 5.13. The third-order valence-electron chi connectivity index (χ3n) is 3.11. The lowest BCUT2D eigenvalue weighted by Gasteiger charge is -2.18. The molecule has 1 aromatic heterocycles. The number of halogens is 3. The molecule has 21 heavy (non-hydrogen) atoms. The first-order valence-electron chi connectivity index (χ1n) is 6.29. The standard InChI is InChI=1S/C13H15ClF2N2O2S/c1-7(6-21(3,19)20)18-12-10(17-13(18)8(2)14)5-4-9(15)11(12)16/h4-5,7-8H,6H2,1-3H3. The Morgan fingerprint density at radius 3 is 2.48 bits per heavy atom. The largest absolute Gasteiger partial charge is 0.320 e. The zero-order valence-electron chi connectivity index (χ0n) is 11.8. The van der Waals surface area contributed by atoms with E-state index in [4.69, 9.17) is 11.6 Å². The molecule has 0 spiro atoms. The highest BCUT2D eigenvalue weighted by Crippen LogP contribution is 2.30. The van der Waals surface area contributed by atoms with E-state index in [-0.39, 0.29) is 16.8 Å². The lowest BCUT2D eigenvalue weighted by Crippen LogP contribution is -2.19. The summed E-state index contributed by atoms with van der Waals surface area (Å²) in [4.78, 5) is 4.19. The number of nitrogens with zero attached hydrogens (tertiary/aromatic N) is 2. The van der Waals surface area contributed by atoms with Gasteiger partial charge in [-0.25, -0.2) is 22.2 Å². The molecule has 2 unspecified atom stereocenters. The van der Waals surface area contributed by atoms with Crippen LogP contribution in [0.1, 0.15) is 31.1 Å². The van der Waals surface area contributed by atoms with Crippen molar-refractivity contribution in [2.24, 2.45) is 0 Å². The highest BCUT2D eigenvalue weighted by Gasteiger charge is 2.24. The highest BCUT2D eigenvalue weighted by atomic mass is 35.5. The summed E-state index contributed by atoms with van der Waals surface area (Å²) in [5, 5.41) is -0.568. The first-order chi connectivity index (χ1) is 9.61. The molecule has 0 bridgehead atoms. The van der Waals surface area contributed by atoms with Crippen LogP contribution in [0, 0.1) is 11.6 Å². The molecular weight excluding hydrogens is 322 g/mol. The van der Waals surface area contributed by atoms with Gasteiger partial charge in [0, 0.05) is 12.3 Å². The Bertz CT molecular complexity index is 787. The summed E-state index contributed by atoms with van der Waals surface area (Å²) in [7, 11) is -3.29. The van der Waals surface area contributed by atoms with Crippen LogP contribution in [0.25, 0.3) is 11.0 Å². The predicted octanol–water partition coefficient (Wildman–Crippen LogP) is 3.22. The molecule has 4 nitrogen and oxygen atoms in total. The van der Waals surface area contributed by atoms with Crippen molar-refractivity contribution in [3.63, 3.8) is 0 Å². The zero-order valence-corrected chi connectivity index (χ0v) is 13.3. The van der Waals surface area contributed by atoms with Crippen LogP contribution >= 0.6 is 11.6 Å². The van der Waals surface area contributed by atoms with E-state index in [1.54, 1.807) is 13.8 Å². The molecule has 116 valence electrons. The highest BCUT2D eigenvalue weighted by molar-refractivity contribution is 7.90. The van der Waals surface area contributed by atoms with Crippen molar-refractivity contribution in [2.45, 2.75) is 25.3 Å². The lowest BCUT2D eigenvalue weighted by atomic mass is 10.2. The van der Waals surface area contributed by atoms with Gasteiger partial charge in [0.2, 0.25) is 0 Å². The Balaban J connectivity index is 2.74. The fraction of sp³-hybridized carbons (Fsp3) is 0.462. The average Bonchev–Trinajstić information content (AvgIpc) is 2.72. The number of imidazole rings is 1. The summed E-state index contributed by atoms with van der Waals surface area (Å²) in [5.74, 6) is -1.97. The van der Waals surface area contributed by atoms with E-state index >= 15 is 0 Å². The maximum Gasteiger partial charge on any atom is 0.184 e. The quantitative estimate of drug-likeness (QED) is 0.805. The van der Waals surface area contributed by atoms with E-state index in [1.165, 1.54) is 10.6 Å². The van der Waals surface area contributed by atoms with Gasteiger partial charge in [-0.15, -0.1) is 11.6 Å². The maximum absolute atomic E-state index is 14.1. The molecule has 0 radical (unpaired) electrons. The van der Waals surface area contributed by atoms with Crippen LogP contribution in [0.2, 0.25) is 0 Å². The number of aromatic nitrogens is 2. The fourth-order valence-corrected chi connectivity index (χ4v) is 3.56. The molecule has 1 aromatic carbocycles. The summed E-state index contributed by atoms with van der Waals surface area (Å²) in [6.45, 7) is 3.25. The Morgan fingerprint density at radius 1 is 1.33 bits per heavy atom. The third-order valence-corrected chi connectivity index (χ3v) is 4.39. The minimum absolute atomic E-state index is 0.0614. The van der Waals surface area contributed by atoms with Crippen molar-refractivity contribution in [2.75, 3.05) is 12.0 Å². The van der Waals surface area contributed by atoms with Gasteiger partial charge in [0.1, 0.15) is 21.2 Å². The van der Waals surface area contributed by atoms with Crippen molar-refractivity contribution in [1.82, 2.24) is 9.55 Å². The van der Waals surface area contributed by atoms with Gasteiger partial charge in [0.05, 0.1) is 16.6 Å². The average molecular weight is 337 g/mol. The third kappa shape index (κ3) is 3.18. The van der Waals surface area contributed by atoms with Crippen molar-refractivity contribution in [1.29, 1.82) is 0 Å². The van der Waals surface area contributed by atoms with Crippen LogP contribution < -0.4 is 0 Å². The van der Waals surface area contributed by atoms with E-state index in [9.17, 15) is 17.2 Å². The topological polar surface area (TPSA) is 52.0 Å². The van der Waals surface area contributed by atoms with Crippen LogP contribution in [-0.4, -0.2) is 30.0 Å². The molecule has 0 saturated carbocycles. The Hall–Kier alpha value is -1.21. The molecule has 2 rings (SSSR count). The van der Waals surface area contributed by atoms with Gasteiger partial charge in [0.15, 0.2) is 11.6 Å². The van der Waals surface area contributed by atoms with Gasteiger partial charge in [0.25, 0.3) is 0 Å². The SMILES string of the molecule is CC(Cl)c1nc2ccc(F)c(F)c2n1C(C)CS(C)(=O)=O. The molecule has 0 saturated heterocycles. The summed E-state index contributed by atoms with van der Waals surface area (Å²) >= 11 is 6.04. The van der Waals surface area contributed by atoms with Gasteiger partial charge < -0.3 is 4.57 Å². The van der Waals surface area contributed by atoms with Crippen molar-refractivity contribution < 1.29 is 17.2 Å². The number of benzene rings is 1. The Kier molecular flexibility index (Phi) is 4.26. The van der Waals surface area contributed by atoms with Gasteiger partial charge in [-0.1, -0.05) is 0 Å².